The summed E-state index contributed by atoms with van der Waals surface area (Å²) in [5, 5.41) is 7.98. The van der Waals surface area contributed by atoms with Crippen LogP contribution in [0.25, 0.3) is 0 Å². The lowest BCUT2D eigenvalue weighted by Crippen LogP contribution is -2.33. The Bertz CT molecular complexity index is 207. The van der Waals surface area contributed by atoms with Crippen molar-refractivity contribution in [3.63, 3.8) is 0 Å². The van der Waals surface area contributed by atoms with Gasteiger partial charge >= 0.3 is 5.97 Å². The van der Waals surface area contributed by atoms with Crippen LogP contribution in [-0.4, -0.2) is 33.8 Å². The number of rotatable bonds is 3. The van der Waals surface area contributed by atoms with E-state index in [1.807, 2.05) is 0 Å². The molecule has 0 aromatic rings. The summed E-state index contributed by atoms with van der Waals surface area (Å²) < 4.78 is 0. The fourth-order valence-corrected chi connectivity index (χ4v) is 1.65. The van der Waals surface area contributed by atoms with Gasteiger partial charge < -0.3 is 10.0 Å². The van der Waals surface area contributed by atoms with Gasteiger partial charge in [-0.15, -0.1) is 0 Å². The fraction of sp³-hybridized carbons (Fsp3) is 0.714. The Balaban J connectivity index is 2.45. The van der Waals surface area contributed by atoms with E-state index in [0.717, 1.165) is 6.42 Å². The Labute approximate surface area is 76.0 Å². The van der Waals surface area contributed by atoms with E-state index in [-0.39, 0.29) is 12.3 Å². The minimum atomic E-state index is -0.922. The van der Waals surface area contributed by atoms with Crippen LogP contribution in [0.15, 0.2) is 0 Å². The number of carbonyl (C=O) groups excluding carboxylic acids is 1. The molecule has 1 saturated heterocycles. The maximum Gasteiger partial charge on any atom is 0.306 e. The number of carboxylic acid groups (broad SMARTS) is 1. The van der Waals surface area contributed by atoms with Gasteiger partial charge in [0.15, 0.2) is 0 Å². The Morgan fingerprint density at radius 2 is 2.42 bits per heavy atom. The molecule has 0 aliphatic carbocycles. The van der Waals surface area contributed by atoms with Crippen molar-refractivity contribution in [1.82, 2.24) is 4.90 Å². The third-order valence-electron chi connectivity index (χ3n) is 1.83. The number of thiol groups is 1. The van der Waals surface area contributed by atoms with Gasteiger partial charge in [-0.25, -0.2) is 0 Å². The minimum absolute atomic E-state index is 0.0104. The van der Waals surface area contributed by atoms with E-state index in [2.05, 4.69) is 12.6 Å². The van der Waals surface area contributed by atoms with Gasteiger partial charge in [-0.1, -0.05) is 0 Å². The summed E-state index contributed by atoms with van der Waals surface area (Å²) in [4.78, 5) is 22.9. The molecule has 12 heavy (non-hydrogen) atoms. The Morgan fingerprint density at radius 3 is 2.83 bits per heavy atom. The van der Waals surface area contributed by atoms with E-state index in [1.54, 1.807) is 0 Å². The Hall–Kier alpha value is -0.710. The molecule has 1 unspecified atom stereocenters. The summed E-state index contributed by atoms with van der Waals surface area (Å²) in [5.74, 6) is -0.911. The van der Waals surface area contributed by atoms with Gasteiger partial charge in [0.25, 0.3) is 0 Å². The highest BCUT2D eigenvalue weighted by Gasteiger charge is 2.26. The highest BCUT2D eigenvalue weighted by atomic mass is 32.1. The van der Waals surface area contributed by atoms with Gasteiger partial charge in [0.1, 0.15) is 0 Å². The quantitative estimate of drug-likeness (QED) is 0.629. The van der Waals surface area contributed by atoms with Crippen LogP contribution in [0.1, 0.15) is 19.3 Å². The van der Waals surface area contributed by atoms with E-state index in [0.29, 0.717) is 13.0 Å². The second kappa shape index (κ2) is 3.80. The number of likely N-dealkylation sites (tertiary alicyclic amines) is 1. The molecule has 68 valence electrons. The Kier molecular flexibility index (Phi) is 2.97. The van der Waals surface area contributed by atoms with Gasteiger partial charge in [-0.2, -0.15) is 12.6 Å². The first-order valence-electron chi connectivity index (χ1n) is 3.80. The van der Waals surface area contributed by atoms with Crippen LogP contribution in [0.3, 0.4) is 0 Å². The molecule has 0 radical (unpaired) electrons. The van der Waals surface area contributed by atoms with Crippen molar-refractivity contribution in [2.45, 2.75) is 24.6 Å². The van der Waals surface area contributed by atoms with Crippen molar-refractivity contribution < 1.29 is 14.7 Å². The van der Waals surface area contributed by atoms with Gasteiger partial charge in [0.05, 0.1) is 11.8 Å². The number of aliphatic carboxylic acids is 1. The molecule has 1 rings (SSSR count). The normalized spacial score (nSPS) is 19.8. The average Bonchev–Trinajstić information content (AvgIpc) is 2.33. The molecule has 1 N–H and O–H groups in total. The third-order valence-corrected chi connectivity index (χ3v) is 2.29. The molecule has 1 fully saturated rings. The summed E-state index contributed by atoms with van der Waals surface area (Å²) >= 11 is 4.05. The molecule has 0 spiro atoms. The van der Waals surface area contributed by atoms with Gasteiger partial charge in [-0.3, -0.25) is 9.59 Å². The van der Waals surface area contributed by atoms with E-state index < -0.39 is 11.3 Å². The molecular formula is C7H11NO3S. The van der Waals surface area contributed by atoms with Gasteiger partial charge in [0, 0.05) is 13.0 Å². The highest BCUT2D eigenvalue weighted by Crippen LogP contribution is 2.17. The van der Waals surface area contributed by atoms with Crippen molar-refractivity contribution in [1.29, 1.82) is 0 Å². The maximum absolute atomic E-state index is 11.1. The van der Waals surface area contributed by atoms with Crippen LogP contribution in [-0.2, 0) is 9.59 Å². The average molecular weight is 189 g/mol. The molecule has 0 aromatic heterocycles. The number of amides is 1. The van der Waals surface area contributed by atoms with Crippen molar-refractivity contribution in [2.75, 3.05) is 6.54 Å². The maximum atomic E-state index is 11.1. The molecule has 0 saturated carbocycles. The first-order valence-corrected chi connectivity index (χ1v) is 4.32. The summed E-state index contributed by atoms with van der Waals surface area (Å²) in [6, 6.07) is 0. The van der Waals surface area contributed by atoms with Gasteiger partial charge in [0.2, 0.25) is 5.91 Å². The lowest BCUT2D eigenvalue weighted by molar-refractivity contribution is -0.138. The van der Waals surface area contributed by atoms with E-state index in [1.165, 1.54) is 4.90 Å². The zero-order valence-corrected chi connectivity index (χ0v) is 7.46. The molecule has 0 bridgehead atoms. The van der Waals surface area contributed by atoms with Crippen molar-refractivity contribution >= 4 is 24.5 Å². The number of nitrogens with zero attached hydrogens (tertiary/aromatic N) is 1. The predicted octanol–water partition coefficient (Wildman–Crippen LogP) is 0.339. The van der Waals surface area contributed by atoms with Crippen molar-refractivity contribution in [2.24, 2.45) is 0 Å². The second-order valence-corrected chi connectivity index (χ2v) is 3.37. The van der Waals surface area contributed by atoms with Crippen molar-refractivity contribution in [3.05, 3.63) is 0 Å². The lowest BCUT2D eigenvalue weighted by atomic mass is 10.4. The molecular weight excluding hydrogens is 178 g/mol. The minimum Gasteiger partial charge on any atom is -0.481 e. The molecule has 1 aliphatic heterocycles. The van der Waals surface area contributed by atoms with Crippen LogP contribution in [0, 0.1) is 0 Å². The van der Waals surface area contributed by atoms with Gasteiger partial charge in [-0.05, 0) is 6.42 Å². The Morgan fingerprint density at radius 1 is 1.75 bits per heavy atom. The molecule has 1 heterocycles. The summed E-state index contributed by atoms with van der Waals surface area (Å²) in [7, 11) is 0. The lowest BCUT2D eigenvalue weighted by Gasteiger charge is -2.21. The SMILES string of the molecule is O=C(O)CC(S)N1CCCC1=O. The van der Waals surface area contributed by atoms with Crippen LogP contribution in [0.2, 0.25) is 0 Å². The molecule has 1 atom stereocenters. The standard InChI is InChI=1S/C7H11NO3S/c9-5-2-1-3-8(5)6(12)4-7(10)11/h6,12H,1-4H2,(H,10,11). The largest absolute Gasteiger partial charge is 0.481 e. The summed E-state index contributed by atoms with van der Waals surface area (Å²) in [6.07, 6.45) is 1.25. The van der Waals surface area contributed by atoms with E-state index in [9.17, 15) is 9.59 Å². The predicted molar refractivity (Wildman–Crippen MR) is 46.0 cm³/mol. The third kappa shape index (κ3) is 2.14. The molecule has 1 aliphatic rings. The highest BCUT2D eigenvalue weighted by molar-refractivity contribution is 7.80. The van der Waals surface area contributed by atoms with E-state index in [4.69, 9.17) is 5.11 Å². The molecule has 1 amide bonds. The number of hydrogen-bond donors (Lipinski definition) is 2. The smallest absolute Gasteiger partial charge is 0.306 e. The zero-order chi connectivity index (χ0) is 9.14. The topological polar surface area (TPSA) is 57.6 Å². The van der Waals surface area contributed by atoms with Crippen LogP contribution >= 0.6 is 12.6 Å². The molecule has 0 aromatic carbocycles. The summed E-state index contributed by atoms with van der Waals surface area (Å²) in [5.41, 5.74) is 0. The number of carbonyl (C=O) groups is 2. The first kappa shape index (κ1) is 9.38. The number of carboxylic acids is 1. The van der Waals surface area contributed by atoms with Crippen LogP contribution in [0.4, 0.5) is 0 Å². The van der Waals surface area contributed by atoms with Crippen LogP contribution < -0.4 is 0 Å². The fourth-order valence-electron chi connectivity index (χ4n) is 1.25. The van der Waals surface area contributed by atoms with E-state index >= 15 is 0 Å². The number of hydrogen-bond acceptors (Lipinski definition) is 3. The van der Waals surface area contributed by atoms with Crippen molar-refractivity contribution in [3.8, 4) is 0 Å². The second-order valence-electron chi connectivity index (χ2n) is 2.77. The van der Waals surface area contributed by atoms with Crippen LogP contribution in [0.5, 0.6) is 0 Å². The molecule has 5 heteroatoms. The zero-order valence-electron chi connectivity index (χ0n) is 6.56. The summed E-state index contributed by atoms with van der Waals surface area (Å²) in [6.45, 7) is 0.639. The monoisotopic (exact) mass is 189 g/mol. The first-order chi connectivity index (χ1) is 5.61. The molecule has 4 nitrogen and oxygen atoms in total.